The molecular formula is C14H15BrN2O2. The highest BCUT2D eigenvalue weighted by molar-refractivity contribution is 9.10. The maximum atomic E-state index is 12.0. The smallest absolute Gasteiger partial charge is 0.265 e. The van der Waals surface area contributed by atoms with Crippen molar-refractivity contribution in [3.8, 4) is 11.6 Å². The average molecular weight is 323 g/mol. The van der Waals surface area contributed by atoms with Crippen molar-refractivity contribution in [2.45, 2.75) is 38.5 Å². The Hall–Kier alpha value is -1.36. The molecule has 100 valence electrons. The van der Waals surface area contributed by atoms with Crippen molar-refractivity contribution < 1.29 is 4.42 Å². The zero-order valence-corrected chi connectivity index (χ0v) is 12.3. The van der Waals surface area contributed by atoms with Gasteiger partial charge >= 0.3 is 0 Å². The Morgan fingerprint density at radius 3 is 2.79 bits per heavy atom. The lowest BCUT2D eigenvalue weighted by molar-refractivity contribution is 0.573. The standard InChI is InChI=1S/C14H15BrN2O2/c1-8-6-7-19-12(8)13-16-11(9-4-2-3-5-9)10(15)14(18)17-13/h6-7,9H,2-5H2,1H3,(H,16,17,18). The molecule has 5 heteroatoms. The molecule has 0 atom stereocenters. The third kappa shape index (κ3) is 2.27. The number of furan rings is 1. The van der Waals surface area contributed by atoms with Crippen LogP contribution in [0, 0.1) is 6.92 Å². The van der Waals surface area contributed by atoms with Gasteiger partial charge in [-0.05, 0) is 47.3 Å². The quantitative estimate of drug-likeness (QED) is 0.915. The number of hydrogen-bond donors (Lipinski definition) is 1. The highest BCUT2D eigenvalue weighted by atomic mass is 79.9. The number of H-pyrrole nitrogens is 1. The van der Waals surface area contributed by atoms with Gasteiger partial charge in [0.15, 0.2) is 11.6 Å². The summed E-state index contributed by atoms with van der Waals surface area (Å²) in [4.78, 5) is 19.4. The SMILES string of the molecule is Cc1ccoc1-c1nc(C2CCCC2)c(Br)c(=O)[nH]1. The number of aryl methyl sites for hydroxylation is 1. The van der Waals surface area contributed by atoms with Crippen LogP contribution in [-0.4, -0.2) is 9.97 Å². The fourth-order valence-corrected chi connectivity index (χ4v) is 3.18. The Kier molecular flexibility index (Phi) is 3.31. The molecule has 1 saturated carbocycles. The summed E-state index contributed by atoms with van der Waals surface area (Å²) in [7, 11) is 0. The van der Waals surface area contributed by atoms with Gasteiger partial charge in [0.05, 0.1) is 12.0 Å². The average Bonchev–Trinajstić information content (AvgIpc) is 3.03. The lowest BCUT2D eigenvalue weighted by atomic mass is 10.0. The molecule has 19 heavy (non-hydrogen) atoms. The van der Waals surface area contributed by atoms with Crippen LogP contribution in [0.2, 0.25) is 0 Å². The zero-order chi connectivity index (χ0) is 13.4. The zero-order valence-electron chi connectivity index (χ0n) is 10.7. The van der Waals surface area contributed by atoms with Crippen molar-refractivity contribution in [2.24, 2.45) is 0 Å². The Morgan fingerprint density at radius 2 is 2.16 bits per heavy atom. The number of rotatable bonds is 2. The molecule has 0 amide bonds. The Morgan fingerprint density at radius 1 is 1.42 bits per heavy atom. The first kappa shape index (κ1) is 12.7. The molecule has 1 N–H and O–H groups in total. The van der Waals surface area contributed by atoms with Crippen LogP contribution >= 0.6 is 15.9 Å². The number of hydrogen-bond acceptors (Lipinski definition) is 3. The lowest BCUT2D eigenvalue weighted by Gasteiger charge is -2.11. The van der Waals surface area contributed by atoms with E-state index in [1.165, 1.54) is 12.8 Å². The third-order valence-corrected chi connectivity index (χ3v) is 4.47. The van der Waals surface area contributed by atoms with E-state index in [-0.39, 0.29) is 5.56 Å². The summed E-state index contributed by atoms with van der Waals surface area (Å²) in [5, 5.41) is 0. The van der Waals surface area contributed by atoms with Gasteiger partial charge in [-0.15, -0.1) is 0 Å². The molecule has 1 aliphatic carbocycles. The highest BCUT2D eigenvalue weighted by Crippen LogP contribution is 2.36. The Balaban J connectivity index is 2.12. The van der Waals surface area contributed by atoms with Crippen molar-refractivity contribution in [2.75, 3.05) is 0 Å². The van der Waals surface area contributed by atoms with Crippen LogP contribution in [0.3, 0.4) is 0 Å². The molecule has 2 aromatic rings. The first-order valence-electron chi connectivity index (χ1n) is 6.51. The van der Waals surface area contributed by atoms with E-state index in [1.807, 2.05) is 13.0 Å². The van der Waals surface area contributed by atoms with Gasteiger partial charge in [0.25, 0.3) is 5.56 Å². The second kappa shape index (κ2) is 4.96. The Labute approximate surface area is 119 Å². The summed E-state index contributed by atoms with van der Waals surface area (Å²) in [6.07, 6.45) is 6.24. The Bertz CT molecular complexity index is 654. The van der Waals surface area contributed by atoms with Crippen LogP contribution in [0.1, 0.15) is 42.9 Å². The van der Waals surface area contributed by atoms with E-state index >= 15 is 0 Å². The molecule has 2 aromatic heterocycles. The lowest BCUT2D eigenvalue weighted by Crippen LogP contribution is -2.15. The van der Waals surface area contributed by atoms with Gasteiger partial charge in [-0.25, -0.2) is 4.98 Å². The monoisotopic (exact) mass is 322 g/mol. The minimum Gasteiger partial charge on any atom is -0.461 e. The molecular weight excluding hydrogens is 308 g/mol. The van der Waals surface area contributed by atoms with Crippen LogP contribution in [0.5, 0.6) is 0 Å². The van der Waals surface area contributed by atoms with Gasteiger partial charge in [-0.2, -0.15) is 0 Å². The minimum atomic E-state index is -0.136. The van der Waals surface area contributed by atoms with Gasteiger partial charge in [-0.1, -0.05) is 12.8 Å². The number of nitrogens with zero attached hydrogens (tertiary/aromatic N) is 1. The fraction of sp³-hybridized carbons (Fsp3) is 0.429. The van der Waals surface area contributed by atoms with Crippen molar-refractivity contribution in [3.63, 3.8) is 0 Å². The molecule has 3 rings (SSSR count). The summed E-state index contributed by atoms with van der Waals surface area (Å²) < 4.78 is 5.98. The first-order chi connectivity index (χ1) is 9.16. The van der Waals surface area contributed by atoms with E-state index in [0.717, 1.165) is 24.1 Å². The maximum Gasteiger partial charge on any atom is 0.265 e. The van der Waals surface area contributed by atoms with Gasteiger partial charge in [0, 0.05) is 5.92 Å². The maximum absolute atomic E-state index is 12.0. The second-order valence-electron chi connectivity index (χ2n) is 5.03. The third-order valence-electron chi connectivity index (χ3n) is 3.71. The van der Waals surface area contributed by atoms with Crippen molar-refractivity contribution in [1.82, 2.24) is 9.97 Å². The molecule has 2 heterocycles. The van der Waals surface area contributed by atoms with Gasteiger partial charge < -0.3 is 9.40 Å². The number of halogens is 1. The molecule has 1 aliphatic rings. The summed E-state index contributed by atoms with van der Waals surface area (Å²) in [6, 6.07) is 1.87. The van der Waals surface area contributed by atoms with Gasteiger partial charge in [0.2, 0.25) is 0 Å². The molecule has 0 aromatic carbocycles. The van der Waals surface area contributed by atoms with E-state index in [1.54, 1.807) is 6.26 Å². The van der Waals surface area contributed by atoms with E-state index in [4.69, 9.17) is 4.42 Å². The molecule has 0 saturated heterocycles. The van der Waals surface area contributed by atoms with Crippen LogP contribution in [0.25, 0.3) is 11.6 Å². The normalized spacial score (nSPS) is 16.1. The van der Waals surface area contributed by atoms with Crippen molar-refractivity contribution in [1.29, 1.82) is 0 Å². The molecule has 0 aliphatic heterocycles. The van der Waals surface area contributed by atoms with E-state index in [9.17, 15) is 4.79 Å². The van der Waals surface area contributed by atoms with Crippen LogP contribution in [0.4, 0.5) is 0 Å². The second-order valence-corrected chi connectivity index (χ2v) is 5.82. The molecule has 1 fully saturated rings. The van der Waals surface area contributed by atoms with E-state index in [2.05, 4.69) is 25.9 Å². The van der Waals surface area contributed by atoms with Crippen molar-refractivity contribution in [3.05, 3.63) is 38.4 Å². The fourth-order valence-electron chi connectivity index (χ4n) is 2.67. The minimum absolute atomic E-state index is 0.136. The largest absolute Gasteiger partial charge is 0.461 e. The van der Waals surface area contributed by atoms with Crippen molar-refractivity contribution >= 4 is 15.9 Å². The molecule has 0 unspecified atom stereocenters. The molecule has 4 nitrogen and oxygen atoms in total. The number of aromatic nitrogens is 2. The van der Waals surface area contributed by atoms with Crippen LogP contribution in [-0.2, 0) is 0 Å². The summed E-state index contributed by atoms with van der Waals surface area (Å²) in [5.74, 6) is 1.55. The van der Waals surface area contributed by atoms with Gasteiger partial charge in [-0.3, -0.25) is 4.79 Å². The van der Waals surface area contributed by atoms with Gasteiger partial charge in [0.1, 0.15) is 4.47 Å². The molecule has 0 radical (unpaired) electrons. The summed E-state index contributed by atoms with van der Waals surface area (Å²) >= 11 is 3.37. The summed E-state index contributed by atoms with van der Waals surface area (Å²) in [5.41, 5.74) is 1.71. The van der Waals surface area contributed by atoms with Crippen LogP contribution in [0.15, 0.2) is 26.0 Å². The van der Waals surface area contributed by atoms with E-state index < -0.39 is 0 Å². The molecule has 0 spiro atoms. The first-order valence-corrected chi connectivity index (χ1v) is 7.30. The summed E-state index contributed by atoms with van der Waals surface area (Å²) in [6.45, 7) is 1.94. The predicted molar refractivity (Wildman–Crippen MR) is 76.2 cm³/mol. The molecule has 0 bridgehead atoms. The number of nitrogens with one attached hydrogen (secondary N) is 1. The van der Waals surface area contributed by atoms with Crippen LogP contribution < -0.4 is 5.56 Å². The number of aromatic amines is 1. The predicted octanol–water partition coefficient (Wildman–Crippen LogP) is 3.76. The van der Waals surface area contributed by atoms with E-state index in [0.29, 0.717) is 22.0 Å². The highest BCUT2D eigenvalue weighted by Gasteiger charge is 2.24. The topological polar surface area (TPSA) is 58.9 Å².